The first-order chi connectivity index (χ1) is 12.8. The smallest absolute Gasteiger partial charge is 0.234 e. The summed E-state index contributed by atoms with van der Waals surface area (Å²) in [6.07, 6.45) is 7.69. The minimum absolute atomic E-state index is 0.122. The summed E-state index contributed by atoms with van der Waals surface area (Å²) in [6.45, 7) is 6.91. The van der Waals surface area contributed by atoms with Crippen LogP contribution in [-0.2, 0) is 17.6 Å². The second kappa shape index (κ2) is 7.88. The van der Waals surface area contributed by atoms with Crippen molar-refractivity contribution in [3.63, 3.8) is 0 Å². The van der Waals surface area contributed by atoms with Crippen LogP contribution in [0.15, 0.2) is 6.33 Å². The highest BCUT2D eigenvalue weighted by atomic mass is 32.1. The van der Waals surface area contributed by atoms with E-state index in [0.717, 1.165) is 49.7 Å². The van der Waals surface area contributed by atoms with Crippen LogP contribution in [0.1, 0.15) is 36.6 Å². The molecular weight excluding hydrogens is 346 g/mol. The van der Waals surface area contributed by atoms with Crippen LogP contribution in [0, 0.1) is 0 Å². The predicted molar refractivity (Wildman–Crippen MR) is 106 cm³/mol. The van der Waals surface area contributed by atoms with Gasteiger partial charge in [-0.1, -0.05) is 0 Å². The lowest BCUT2D eigenvalue weighted by molar-refractivity contribution is -0.122. The van der Waals surface area contributed by atoms with E-state index in [1.807, 2.05) is 18.3 Å². The van der Waals surface area contributed by atoms with Crippen LogP contribution in [0.5, 0.6) is 0 Å². The van der Waals surface area contributed by atoms with E-state index in [-0.39, 0.29) is 5.91 Å². The maximum atomic E-state index is 11.9. The molecule has 0 spiro atoms. The number of amides is 1. The minimum atomic E-state index is 0.122. The van der Waals surface area contributed by atoms with Gasteiger partial charge in [0.05, 0.1) is 11.9 Å². The average molecular weight is 374 g/mol. The molecule has 6 nitrogen and oxygen atoms in total. The number of fused-ring (bicyclic) bond motifs is 3. The Morgan fingerprint density at radius 3 is 2.92 bits per heavy atom. The standard InChI is InChI=1S/C19H27N5OS/c1-2-20-16(25)12-23-8-5-9-24(11-10-23)18-17-14-6-3-4-7-15(14)26-19(17)22-13-21-18/h13H,2-12H2,1H3,(H,20,25). The lowest BCUT2D eigenvalue weighted by atomic mass is 9.97. The van der Waals surface area contributed by atoms with Gasteiger partial charge in [0.15, 0.2) is 0 Å². The van der Waals surface area contributed by atoms with Gasteiger partial charge in [0, 0.05) is 37.6 Å². The molecule has 1 aliphatic heterocycles. The Balaban J connectivity index is 1.54. The largest absolute Gasteiger partial charge is 0.355 e. The average Bonchev–Trinajstić information content (AvgIpc) is 2.87. The summed E-state index contributed by atoms with van der Waals surface area (Å²) in [7, 11) is 0. The van der Waals surface area contributed by atoms with Gasteiger partial charge in [0.2, 0.25) is 5.91 Å². The Kier molecular flexibility index (Phi) is 5.36. The van der Waals surface area contributed by atoms with Gasteiger partial charge in [-0.25, -0.2) is 9.97 Å². The number of nitrogens with zero attached hydrogens (tertiary/aromatic N) is 4. The van der Waals surface area contributed by atoms with E-state index in [2.05, 4.69) is 20.1 Å². The molecule has 0 aromatic carbocycles. The van der Waals surface area contributed by atoms with Gasteiger partial charge >= 0.3 is 0 Å². The summed E-state index contributed by atoms with van der Waals surface area (Å²) >= 11 is 1.86. The summed E-state index contributed by atoms with van der Waals surface area (Å²) in [4.78, 5) is 28.5. The number of rotatable bonds is 4. The van der Waals surface area contributed by atoms with Crippen molar-refractivity contribution in [2.24, 2.45) is 0 Å². The van der Waals surface area contributed by atoms with Crippen LogP contribution in [-0.4, -0.2) is 60.0 Å². The monoisotopic (exact) mass is 373 g/mol. The van der Waals surface area contributed by atoms with Gasteiger partial charge in [-0.3, -0.25) is 9.69 Å². The molecule has 2 aromatic rings. The number of aryl methyl sites for hydroxylation is 2. The van der Waals surface area contributed by atoms with Gasteiger partial charge in [-0.05, 0) is 44.6 Å². The fourth-order valence-corrected chi connectivity index (χ4v) is 5.33. The van der Waals surface area contributed by atoms with E-state index in [9.17, 15) is 4.79 Å². The third-order valence-corrected chi connectivity index (χ3v) is 6.56. The number of likely N-dealkylation sites (N-methyl/N-ethyl adjacent to an activating group) is 1. The molecule has 0 atom stereocenters. The van der Waals surface area contributed by atoms with Crippen LogP contribution in [0.2, 0.25) is 0 Å². The highest BCUT2D eigenvalue weighted by Crippen LogP contribution is 2.39. The van der Waals surface area contributed by atoms with Crippen molar-refractivity contribution in [2.45, 2.75) is 39.0 Å². The fourth-order valence-electron chi connectivity index (χ4n) is 4.11. The summed E-state index contributed by atoms with van der Waals surface area (Å²) in [5, 5.41) is 4.19. The maximum Gasteiger partial charge on any atom is 0.234 e. The molecule has 4 rings (SSSR count). The van der Waals surface area contributed by atoms with E-state index >= 15 is 0 Å². The maximum absolute atomic E-state index is 11.9. The number of hydrogen-bond acceptors (Lipinski definition) is 6. The summed E-state index contributed by atoms with van der Waals surface area (Å²) in [5.41, 5.74) is 1.50. The SMILES string of the molecule is CCNC(=O)CN1CCCN(c2ncnc3sc4c(c23)CCCC4)CC1. The molecule has 0 radical (unpaired) electrons. The first kappa shape index (κ1) is 17.7. The zero-order valence-electron chi connectivity index (χ0n) is 15.5. The van der Waals surface area contributed by atoms with E-state index in [0.29, 0.717) is 13.1 Å². The number of anilines is 1. The van der Waals surface area contributed by atoms with Crippen molar-refractivity contribution < 1.29 is 4.79 Å². The van der Waals surface area contributed by atoms with Crippen molar-refractivity contribution in [3.8, 4) is 0 Å². The lowest BCUT2D eigenvalue weighted by Gasteiger charge is -2.23. The highest BCUT2D eigenvalue weighted by molar-refractivity contribution is 7.19. The summed E-state index contributed by atoms with van der Waals surface area (Å²) < 4.78 is 0. The van der Waals surface area contributed by atoms with Crippen molar-refractivity contribution >= 4 is 33.3 Å². The molecule has 1 N–H and O–H groups in total. The summed E-state index contributed by atoms with van der Waals surface area (Å²) in [5.74, 6) is 1.23. The number of nitrogens with one attached hydrogen (secondary N) is 1. The first-order valence-electron chi connectivity index (χ1n) is 9.75. The lowest BCUT2D eigenvalue weighted by Crippen LogP contribution is -2.39. The zero-order chi connectivity index (χ0) is 17.9. The number of thiophene rings is 1. The van der Waals surface area contributed by atoms with Crippen molar-refractivity contribution in [2.75, 3.05) is 44.2 Å². The topological polar surface area (TPSA) is 61.4 Å². The molecule has 2 aromatic heterocycles. The Labute approximate surface area is 158 Å². The van der Waals surface area contributed by atoms with E-state index in [4.69, 9.17) is 4.98 Å². The van der Waals surface area contributed by atoms with E-state index < -0.39 is 0 Å². The van der Waals surface area contributed by atoms with E-state index in [1.165, 1.54) is 35.1 Å². The van der Waals surface area contributed by atoms with Gasteiger partial charge < -0.3 is 10.2 Å². The molecule has 1 aliphatic carbocycles. The molecule has 0 saturated carbocycles. The van der Waals surface area contributed by atoms with Crippen LogP contribution in [0.25, 0.3) is 10.2 Å². The normalized spacial score (nSPS) is 18.6. The van der Waals surface area contributed by atoms with Gasteiger partial charge in [-0.15, -0.1) is 11.3 Å². The Bertz CT molecular complexity index is 790. The first-order valence-corrected chi connectivity index (χ1v) is 10.6. The second-order valence-electron chi connectivity index (χ2n) is 7.16. The second-order valence-corrected chi connectivity index (χ2v) is 8.24. The number of carbonyl (C=O) groups excluding carboxylic acids is 1. The Morgan fingerprint density at radius 2 is 2.04 bits per heavy atom. The van der Waals surface area contributed by atoms with Gasteiger partial charge in [-0.2, -0.15) is 0 Å². The zero-order valence-corrected chi connectivity index (χ0v) is 16.3. The molecule has 1 amide bonds. The van der Waals surface area contributed by atoms with E-state index in [1.54, 1.807) is 6.33 Å². The van der Waals surface area contributed by atoms with Crippen LogP contribution in [0.3, 0.4) is 0 Å². The third kappa shape index (κ3) is 3.55. The quantitative estimate of drug-likeness (QED) is 0.890. The molecule has 1 fully saturated rings. The molecule has 3 heterocycles. The van der Waals surface area contributed by atoms with Crippen molar-refractivity contribution in [1.82, 2.24) is 20.2 Å². The Morgan fingerprint density at radius 1 is 1.15 bits per heavy atom. The third-order valence-electron chi connectivity index (χ3n) is 5.36. The van der Waals surface area contributed by atoms with Crippen molar-refractivity contribution in [1.29, 1.82) is 0 Å². The van der Waals surface area contributed by atoms with Gasteiger partial charge in [0.25, 0.3) is 0 Å². The Hall–Kier alpha value is -1.73. The summed E-state index contributed by atoms with van der Waals surface area (Å²) in [6, 6.07) is 0. The molecule has 0 unspecified atom stereocenters. The highest BCUT2D eigenvalue weighted by Gasteiger charge is 2.24. The molecule has 26 heavy (non-hydrogen) atoms. The van der Waals surface area contributed by atoms with Crippen LogP contribution < -0.4 is 10.2 Å². The molecule has 7 heteroatoms. The molecule has 140 valence electrons. The predicted octanol–water partition coefficient (Wildman–Crippen LogP) is 2.22. The number of hydrogen-bond donors (Lipinski definition) is 1. The number of carbonyl (C=O) groups is 1. The van der Waals surface area contributed by atoms with Crippen LogP contribution >= 0.6 is 11.3 Å². The van der Waals surface area contributed by atoms with Crippen LogP contribution in [0.4, 0.5) is 5.82 Å². The minimum Gasteiger partial charge on any atom is -0.355 e. The molecular formula is C19H27N5OS. The van der Waals surface area contributed by atoms with Crippen molar-refractivity contribution in [3.05, 3.63) is 16.8 Å². The molecule has 1 saturated heterocycles. The number of aromatic nitrogens is 2. The molecule has 2 aliphatic rings. The fraction of sp³-hybridized carbons (Fsp3) is 0.632. The van der Waals surface area contributed by atoms with Gasteiger partial charge in [0.1, 0.15) is 17.0 Å². The molecule has 0 bridgehead atoms.